The molecule has 0 radical (unpaired) electrons. The third kappa shape index (κ3) is 5.72. The number of hydrogen-bond acceptors (Lipinski definition) is 4. The fraction of sp³-hybridized carbons (Fsp3) is 0.333. The van der Waals surface area contributed by atoms with Crippen LogP contribution in [0.2, 0.25) is 0 Å². The highest BCUT2D eigenvalue weighted by Crippen LogP contribution is 2.22. The Bertz CT molecular complexity index is 868. The van der Waals surface area contributed by atoms with Crippen LogP contribution >= 0.6 is 0 Å². The van der Waals surface area contributed by atoms with Gasteiger partial charge in [0.25, 0.3) is 5.91 Å². The first-order valence-electron chi connectivity index (χ1n) is 9.13. The van der Waals surface area contributed by atoms with Crippen LogP contribution < -0.4 is 4.90 Å². The van der Waals surface area contributed by atoms with Gasteiger partial charge < -0.3 is 14.5 Å². The molecule has 3 rings (SSSR count). The highest BCUT2D eigenvalue weighted by Gasteiger charge is 2.33. The van der Waals surface area contributed by atoms with Crippen LogP contribution in [0.3, 0.4) is 0 Å². The van der Waals surface area contributed by atoms with E-state index in [0.717, 1.165) is 23.7 Å². The van der Waals surface area contributed by atoms with E-state index in [-0.39, 0.29) is 12.1 Å². The number of hydrogen-bond donors (Lipinski definition) is 0. The van der Waals surface area contributed by atoms with Crippen LogP contribution in [0.1, 0.15) is 21.5 Å². The van der Waals surface area contributed by atoms with Crippen molar-refractivity contribution in [1.82, 2.24) is 4.90 Å². The number of anilines is 1. The van der Waals surface area contributed by atoms with Crippen molar-refractivity contribution in [3.63, 3.8) is 0 Å². The zero-order valence-corrected chi connectivity index (χ0v) is 15.7. The normalized spacial score (nSPS) is 14.3. The lowest BCUT2D eigenvalue weighted by molar-refractivity contribution is -0.141. The fourth-order valence-electron chi connectivity index (χ4n) is 3.14. The van der Waals surface area contributed by atoms with E-state index in [4.69, 9.17) is 10.00 Å². The van der Waals surface area contributed by atoms with E-state index in [1.807, 2.05) is 6.07 Å². The second kappa shape index (κ2) is 8.97. The van der Waals surface area contributed by atoms with Gasteiger partial charge in [0.2, 0.25) is 0 Å². The summed E-state index contributed by atoms with van der Waals surface area (Å²) in [7, 11) is 0. The molecule has 1 amide bonds. The molecule has 1 saturated heterocycles. The lowest BCUT2D eigenvalue weighted by Crippen LogP contribution is -2.38. The molecule has 8 heteroatoms. The molecule has 29 heavy (non-hydrogen) atoms. The summed E-state index contributed by atoms with van der Waals surface area (Å²) in [5, 5.41) is 8.84. The summed E-state index contributed by atoms with van der Waals surface area (Å²) in [5.74, 6) is -0.694. The second-order valence-electron chi connectivity index (χ2n) is 6.73. The lowest BCUT2D eigenvalue weighted by atomic mass is 10.1. The van der Waals surface area contributed by atoms with Crippen molar-refractivity contribution < 1.29 is 22.7 Å². The van der Waals surface area contributed by atoms with Gasteiger partial charge in [0.1, 0.15) is 6.54 Å². The topological polar surface area (TPSA) is 56.6 Å². The average Bonchev–Trinajstić information content (AvgIpc) is 2.73. The van der Waals surface area contributed by atoms with Crippen molar-refractivity contribution in [3.05, 3.63) is 65.2 Å². The smallest absolute Gasteiger partial charge is 0.378 e. The van der Waals surface area contributed by atoms with Crippen molar-refractivity contribution in [1.29, 1.82) is 5.26 Å². The minimum Gasteiger partial charge on any atom is -0.378 e. The zero-order chi connectivity index (χ0) is 20.9. The minimum atomic E-state index is -4.52. The van der Waals surface area contributed by atoms with E-state index >= 15 is 0 Å². The maximum atomic E-state index is 13.1. The molecule has 2 aromatic rings. The highest BCUT2D eigenvalue weighted by molar-refractivity contribution is 5.94. The number of amides is 1. The van der Waals surface area contributed by atoms with E-state index in [9.17, 15) is 18.0 Å². The number of benzene rings is 2. The van der Waals surface area contributed by atoms with Gasteiger partial charge in [-0.1, -0.05) is 12.1 Å². The molecule has 1 aliphatic rings. The van der Waals surface area contributed by atoms with Gasteiger partial charge in [0.05, 0.1) is 24.8 Å². The number of ether oxygens (including phenoxy) is 1. The largest absolute Gasteiger partial charge is 0.406 e. The molecule has 0 aliphatic carbocycles. The van der Waals surface area contributed by atoms with Gasteiger partial charge >= 0.3 is 6.18 Å². The molecule has 5 nitrogen and oxygen atoms in total. The number of halogens is 3. The number of nitrogens with zero attached hydrogens (tertiary/aromatic N) is 3. The van der Waals surface area contributed by atoms with Gasteiger partial charge in [-0.2, -0.15) is 18.4 Å². The molecule has 0 atom stereocenters. The summed E-state index contributed by atoms with van der Waals surface area (Å²) in [4.78, 5) is 15.6. The Labute approximate surface area is 166 Å². The Morgan fingerprint density at radius 2 is 1.69 bits per heavy atom. The van der Waals surface area contributed by atoms with Crippen LogP contribution in [0.5, 0.6) is 0 Å². The van der Waals surface area contributed by atoms with E-state index < -0.39 is 18.6 Å². The van der Waals surface area contributed by atoms with E-state index in [2.05, 4.69) is 4.90 Å². The monoisotopic (exact) mass is 403 g/mol. The van der Waals surface area contributed by atoms with Crippen LogP contribution in [-0.4, -0.2) is 49.8 Å². The van der Waals surface area contributed by atoms with Gasteiger partial charge in [0.15, 0.2) is 0 Å². The molecule has 152 valence electrons. The van der Waals surface area contributed by atoms with Crippen LogP contribution in [0.25, 0.3) is 0 Å². The molecule has 0 unspecified atom stereocenters. The predicted octanol–water partition coefficient (Wildman–Crippen LogP) is 3.60. The molecular formula is C21H20F3N3O2. The first-order valence-corrected chi connectivity index (χ1v) is 9.13. The Kier molecular flexibility index (Phi) is 6.39. The van der Waals surface area contributed by atoms with E-state index in [1.54, 1.807) is 36.4 Å². The molecule has 1 heterocycles. The number of carbonyl (C=O) groups excluding carboxylic acids is 1. The third-order valence-electron chi connectivity index (χ3n) is 4.60. The van der Waals surface area contributed by atoms with Crippen LogP contribution in [0, 0.1) is 11.3 Å². The Hall–Kier alpha value is -3.05. The van der Waals surface area contributed by atoms with Gasteiger partial charge in [-0.25, -0.2) is 0 Å². The highest BCUT2D eigenvalue weighted by atomic mass is 19.4. The third-order valence-corrected chi connectivity index (χ3v) is 4.60. The van der Waals surface area contributed by atoms with Gasteiger partial charge in [0, 0.05) is 30.9 Å². The van der Waals surface area contributed by atoms with Gasteiger partial charge in [-0.3, -0.25) is 4.79 Å². The molecular weight excluding hydrogens is 383 g/mol. The maximum absolute atomic E-state index is 13.1. The number of rotatable bonds is 5. The maximum Gasteiger partial charge on any atom is 0.406 e. The summed E-state index contributed by atoms with van der Waals surface area (Å²) in [6.07, 6.45) is -4.52. The Morgan fingerprint density at radius 3 is 2.24 bits per heavy atom. The summed E-state index contributed by atoms with van der Waals surface area (Å²) in [5.41, 5.74) is 2.02. The second-order valence-corrected chi connectivity index (χ2v) is 6.73. The van der Waals surface area contributed by atoms with Crippen molar-refractivity contribution in [2.75, 3.05) is 37.7 Å². The summed E-state index contributed by atoms with van der Waals surface area (Å²) < 4.78 is 44.5. The quantitative estimate of drug-likeness (QED) is 0.766. The molecule has 0 bridgehead atoms. The van der Waals surface area contributed by atoms with Crippen molar-refractivity contribution >= 4 is 11.6 Å². The summed E-state index contributed by atoms with van der Waals surface area (Å²) in [6.45, 7) is 1.14. The van der Waals surface area contributed by atoms with Crippen molar-refractivity contribution in [2.45, 2.75) is 12.7 Å². The lowest BCUT2D eigenvalue weighted by Gasteiger charge is -2.29. The summed E-state index contributed by atoms with van der Waals surface area (Å²) in [6, 6.07) is 14.7. The standard InChI is InChI=1S/C21H20F3N3O2/c22-21(23,24)15-27(14-17-3-1-16(13-25)2-4-17)20(28)18-5-7-19(8-6-18)26-9-11-29-12-10-26/h1-8H,9-12,14-15H2. The molecule has 2 aromatic carbocycles. The first kappa shape index (κ1) is 20.7. The fourth-order valence-corrected chi connectivity index (χ4v) is 3.14. The van der Waals surface area contributed by atoms with Gasteiger partial charge in [-0.05, 0) is 42.0 Å². The molecule has 0 aromatic heterocycles. The summed E-state index contributed by atoms with van der Waals surface area (Å²) >= 11 is 0. The number of morpholine rings is 1. The van der Waals surface area contributed by atoms with Crippen molar-refractivity contribution in [3.8, 4) is 6.07 Å². The van der Waals surface area contributed by atoms with Gasteiger partial charge in [-0.15, -0.1) is 0 Å². The number of alkyl halides is 3. The zero-order valence-electron chi connectivity index (χ0n) is 15.7. The predicted molar refractivity (Wildman–Crippen MR) is 101 cm³/mol. The van der Waals surface area contributed by atoms with Crippen LogP contribution in [0.4, 0.5) is 18.9 Å². The Balaban J connectivity index is 1.77. The SMILES string of the molecule is N#Cc1ccc(CN(CC(F)(F)F)C(=O)c2ccc(N3CCOCC3)cc2)cc1. The molecule has 1 fully saturated rings. The van der Waals surface area contributed by atoms with E-state index in [1.165, 1.54) is 12.1 Å². The number of nitriles is 1. The average molecular weight is 403 g/mol. The van der Waals surface area contributed by atoms with E-state index in [0.29, 0.717) is 24.3 Å². The first-order chi connectivity index (χ1) is 13.9. The van der Waals surface area contributed by atoms with Crippen LogP contribution in [0.15, 0.2) is 48.5 Å². The molecule has 0 saturated carbocycles. The van der Waals surface area contributed by atoms with Crippen LogP contribution in [-0.2, 0) is 11.3 Å². The Morgan fingerprint density at radius 1 is 1.07 bits per heavy atom. The molecule has 0 spiro atoms. The molecule has 0 N–H and O–H groups in total. The molecule has 1 aliphatic heterocycles. The number of carbonyl (C=O) groups is 1. The minimum absolute atomic E-state index is 0.194. The van der Waals surface area contributed by atoms with Crippen molar-refractivity contribution in [2.24, 2.45) is 0 Å².